The number of halogens is 1. The van der Waals surface area contributed by atoms with Gasteiger partial charge in [0, 0.05) is 3.57 Å². The molecular weight excluding hydrogens is 263 g/mol. The van der Waals surface area contributed by atoms with Crippen LogP contribution in [0.4, 0.5) is 0 Å². The first kappa shape index (κ1) is 9.58. The summed E-state index contributed by atoms with van der Waals surface area (Å²) in [7, 11) is 0. The molecule has 1 aromatic rings. The molecule has 0 unspecified atom stereocenters. The zero-order valence-corrected chi connectivity index (χ0v) is 9.17. The third-order valence-electron chi connectivity index (χ3n) is 1.50. The van der Waals surface area contributed by atoms with Crippen molar-refractivity contribution < 1.29 is 4.74 Å². The fourth-order valence-electron chi connectivity index (χ4n) is 0.935. The number of hydrogen-bond donors (Lipinski definition) is 0. The fraction of sp³-hybridized carbons (Fsp3) is 0.200. The van der Waals surface area contributed by atoms with Crippen molar-refractivity contribution in [3.8, 4) is 5.75 Å². The molecule has 1 aromatic carbocycles. The van der Waals surface area contributed by atoms with Crippen molar-refractivity contribution >= 4 is 28.7 Å². The summed E-state index contributed by atoms with van der Waals surface area (Å²) in [5.41, 5.74) is 1.13. The first-order valence-corrected chi connectivity index (χ1v) is 4.90. The second-order valence-electron chi connectivity index (χ2n) is 2.32. The summed E-state index contributed by atoms with van der Waals surface area (Å²) in [4.78, 5) is 0. The highest BCUT2D eigenvalue weighted by molar-refractivity contribution is 14.1. The molecule has 0 fully saturated rings. The Morgan fingerprint density at radius 3 is 2.92 bits per heavy atom. The van der Waals surface area contributed by atoms with E-state index in [0.29, 0.717) is 6.61 Å². The Kier molecular flexibility index (Phi) is 3.59. The lowest BCUT2D eigenvalue weighted by atomic mass is 10.2. The highest BCUT2D eigenvalue weighted by Crippen LogP contribution is 2.20. The molecule has 1 nitrogen and oxygen atoms in total. The average molecular weight is 274 g/mol. The Balaban J connectivity index is 2.96. The van der Waals surface area contributed by atoms with E-state index in [1.54, 1.807) is 0 Å². The highest BCUT2D eigenvalue weighted by Gasteiger charge is 1.97. The van der Waals surface area contributed by atoms with Gasteiger partial charge in [-0.15, -0.1) is 0 Å². The molecule has 0 radical (unpaired) electrons. The van der Waals surface area contributed by atoms with E-state index < -0.39 is 0 Å². The van der Waals surface area contributed by atoms with Gasteiger partial charge in [0.25, 0.3) is 0 Å². The molecular formula is C10H11IO. The van der Waals surface area contributed by atoms with Crippen LogP contribution in [0, 0.1) is 3.57 Å². The number of hydrogen-bond acceptors (Lipinski definition) is 1. The minimum atomic E-state index is 0.706. The van der Waals surface area contributed by atoms with E-state index in [9.17, 15) is 0 Å². The van der Waals surface area contributed by atoms with Gasteiger partial charge in [0.2, 0.25) is 0 Å². The Bertz CT molecular complexity index is 281. The van der Waals surface area contributed by atoms with Crippen molar-refractivity contribution in [1.82, 2.24) is 0 Å². The maximum absolute atomic E-state index is 5.35. The van der Waals surface area contributed by atoms with E-state index in [0.717, 1.165) is 11.3 Å². The van der Waals surface area contributed by atoms with Crippen LogP contribution in [0.1, 0.15) is 12.5 Å². The van der Waals surface area contributed by atoms with Gasteiger partial charge in [0.05, 0.1) is 6.61 Å². The lowest BCUT2D eigenvalue weighted by Gasteiger charge is -2.04. The van der Waals surface area contributed by atoms with Crippen LogP contribution in [0.3, 0.4) is 0 Å². The van der Waals surface area contributed by atoms with Crippen LogP contribution >= 0.6 is 22.6 Å². The molecule has 0 aliphatic carbocycles. The molecule has 64 valence electrons. The summed E-state index contributed by atoms with van der Waals surface area (Å²) in [5.74, 6) is 0.910. The fourth-order valence-corrected chi connectivity index (χ4v) is 1.49. The summed E-state index contributed by atoms with van der Waals surface area (Å²) in [6.07, 6.45) is 1.84. The third-order valence-corrected chi connectivity index (χ3v) is 2.48. The largest absolute Gasteiger partial charge is 0.494 e. The molecule has 0 bridgehead atoms. The van der Waals surface area contributed by atoms with Gasteiger partial charge in [-0.2, -0.15) is 0 Å². The molecule has 12 heavy (non-hydrogen) atoms. The lowest BCUT2D eigenvalue weighted by Crippen LogP contribution is -1.92. The van der Waals surface area contributed by atoms with Gasteiger partial charge >= 0.3 is 0 Å². The Hall–Kier alpha value is -0.510. The monoisotopic (exact) mass is 274 g/mol. The topological polar surface area (TPSA) is 9.23 Å². The molecule has 2 heteroatoms. The van der Waals surface area contributed by atoms with Crippen molar-refractivity contribution in [3.05, 3.63) is 33.9 Å². The van der Waals surface area contributed by atoms with E-state index >= 15 is 0 Å². The van der Waals surface area contributed by atoms with Crippen LogP contribution in [0.25, 0.3) is 6.08 Å². The van der Waals surface area contributed by atoms with E-state index in [4.69, 9.17) is 4.74 Å². The Labute approximate surface area is 86.6 Å². The SMILES string of the molecule is C=Cc1cc(OCC)ccc1I. The second kappa shape index (κ2) is 4.50. The van der Waals surface area contributed by atoms with E-state index in [-0.39, 0.29) is 0 Å². The minimum Gasteiger partial charge on any atom is -0.494 e. The molecule has 0 saturated heterocycles. The van der Waals surface area contributed by atoms with Gasteiger partial charge in [-0.3, -0.25) is 0 Å². The first-order valence-electron chi connectivity index (χ1n) is 3.82. The van der Waals surface area contributed by atoms with Gasteiger partial charge in [-0.1, -0.05) is 12.7 Å². The maximum atomic E-state index is 5.35. The third kappa shape index (κ3) is 2.24. The van der Waals surface area contributed by atoms with Crippen LogP contribution < -0.4 is 4.74 Å². The van der Waals surface area contributed by atoms with Crippen molar-refractivity contribution in [3.63, 3.8) is 0 Å². The first-order chi connectivity index (χ1) is 5.77. The standard InChI is InChI=1S/C10H11IO/c1-3-8-7-9(12-4-2)5-6-10(8)11/h3,5-7H,1,4H2,2H3. The van der Waals surface area contributed by atoms with Gasteiger partial charge in [-0.25, -0.2) is 0 Å². The van der Waals surface area contributed by atoms with E-state index in [2.05, 4.69) is 29.2 Å². The molecule has 0 amide bonds. The summed E-state index contributed by atoms with van der Waals surface area (Å²) >= 11 is 2.28. The molecule has 0 atom stereocenters. The zero-order valence-electron chi connectivity index (χ0n) is 7.01. The average Bonchev–Trinajstić information content (AvgIpc) is 2.09. The number of rotatable bonds is 3. The molecule has 0 N–H and O–H groups in total. The Morgan fingerprint density at radius 2 is 2.33 bits per heavy atom. The maximum Gasteiger partial charge on any atom is 0.119 e. The van der Waals surface area contributed by atoms with Gasteiger partial charge in [-0.05, 0) is 53.3 Å². The smallest absolute Gasteiger partial charge is 0.119 e. The number of ether oxygens (including phenoxy) is 1. The predicted molar refractivity (Wildman–Crippen MR) is 60.4 cm³/mol. The van der Waals surface area contributed by atoms with Gasteiger partial charge in [0.15, 0.2) is 0 Å². The molecule has 0 heterocycles. The molecule has 1 rings (SSSR count). The van der Waals surface area contributed by atoms with Crippen LogP contribution in [0.2, 0.25) is 0 Å². The predicted octanol–water partition coefficient (Wildman–Crippen LogP) is 3.33. The second-order valence-corrected chi connectivity index (χ2v) is 3.48. The van der Waals surface area contributed by atoms with E-state index in [1.165, 1.54) is 3.57 Å². The lowest BCUT2D eigenvalue weighted by molar-refractivity contribution is 0.340. The highest BCUT2D eigenvalue weighted by atomic mass is 127. The molecule has 0 aliphatic rings. The van der Waals surface area contributed by atoms with E-state index in [1.807, 2.05) is 31.2 Å². The van der Waals surface area contributed by atoms with Crippen LogP contribution in [0.15, 0.2) is 24.8 Å². The normalized spacial score (nSPS) is 9.50. The van der Waals surface area contributed by atoms with Gasteiger partial charge < -0.3 is 4.74 Å². The van der Waals surface area contributed by atoms with Crippen LogP contribution in [0.5, 0.6) is 5.75 Å². The summed E-state index contributed by atoms with van der Waals surface area (Å²) in [6.45, 7) is 6.42. The number of benzene rings is 1. The molecule has 0 spiro atoms. The van der Waals surface area contributed by atoms with Crippen molar-refractivity contribution in [2.45, 2.75) is 6.92 Å². The summed E-state index contributed by atoms with van der Waals surface area (Å²) < 4.78 is 6.55. The quantitative estimate of drug-likeness (QED) is 0.768. The van der Waals surface area contributed by atoms with Crippen LogP contribution in [-0.4, -0.2) is 6.61 Å². The van der Waals surface area contributed by atoms with Crippen LogP contribution in [-0.2, 0) is 0 Å². The summed E-state index contributed by atoms with van der Waals surface area (Å²) in [5, 5.41) is 0. The van der Waals surface area contributed by atoms with Crippen molar-refractivity contribution in [2.75, 3.05) is 6.61 Å². The molecule has 0 saturated carbocycles. The molecule has 0 aromatic heterocycles. The minimum absolute atomic E-state index is 0.706. The van der Waals surface area contributed by atoms with Crippen molar-refractivity contribution in [1.29, 1.82) is 0 Å². The van der Waals surface area contributed by atoms with Gasteiger partial charge in [0.1, 0.15) is 5.75 Å². The zero-order chi connectivity index (χ0) is 8.97. The summed E-state index contributed by atoms with van der Waals surface area (Å²) in [6, 6.07) is 6.00. The Morgan fingerprint density at radius 1 is 1.58 bits per heavy atom. The molecule has 0 aliphatic heterocycles. The van der Waals surface area contributed by atoms with Crippen molar-refractivity contribution in [2.24, 2.45) is 0 Å².